The highest BCUT2D eigenvalue weighted by Gasteiger charge is 2.16. The van der Waals surface area contributed by atoms with Gasteiger partial charge in [0.05, 0.1) is 12.3 Å². The lowest BCUT2D eigenvalue weighted by molar-refractivity contribution is -0.113. The molecule has 0 saturated carbocycles. The van der Waals surface area contributed by atoms with E-state index in [0.717, 1.165) is 17.0 Å². The maximum Gasteiger partial charge on any atom is 0.236 e. The Morgan fingerprint density at radius 3 is 2.50 bits per heavy atom. The first-order valence-electron chi connectivity index (χ1n) is 8.64. The number of carbonyl (C=O) groups excluding carboxylic acids is 1. The maximum atomic E-state index is 12.2. The van der Waals surface area contributed by atoms with Crippen molar-refractivity contribution < 1.29 is 4.79 Å². The van der Waals surface area contributed by atoms with Crippen LogP contribution < -0.4 is 5.32 Å². The third-order valence-electron chi connectivity index (χ3n) is 3.94. The average molecular weight is 408 g/mol. The molecular formula is C20H17N5OS2. The molecule has 0 unspecified atom stereocenters. The maximum absolute atomic E-state index is 12.2. The second kappa shape index (κ2) is 8.81. The molecule has 0 radical (unpaired) electrons. The second-order valence-corrected chi connectivity index (χ2v) is 7.76. The van der Waals surface area contributed by atoms with Gasteiger partial charge in [-0.3, -0.25) is 9.36 Å². The molecule has 0 saturated heterocycles. The number of aromatic nitrogens is 4. The Labute approximate surface area is 170 Å². The predicted octanol–water partition coefficient (Wildman–Crippen LogP) is 4.18. The lowest BCUT2D eigenvalue weighted by Crippen LogP contribution is -2.14. The molecule has 2 heterocycles. The number of anilines is 1. The molecule has 6 nitrogen and oxygen atoms in total. The Bertz CT molecular complexity index is 1030. The fourth-order valence-electron chi connectivity index (χ4n) is 2.68. The average Bonchev–Trinajstić information content (AvgIpc) is 3.38. The van der Waals surface area contributed by atoms with Crippen molar-refractivity contribution in [3.8, 4) is 11.4 Å². The van der Waals surface area contributed by atoms with Crippen LogP contribution in [-0.2, 0) is 11.3 Å². The van der Waals surface area contributed by atoms with Gasteiger partial charge in [-0.05, 0) is 5.56 Å². The minimum atomic E-state index is -0.115. The van der Waals surface area contributed by atoms with Gasteiger partial charge in [0.25, 0.3) is 0 Å². The molecule has 0 aliphatic carbocycles. The highest BCUT2D eigenvalue weighted by atomic mass is 32.2. The van der Waals surface area contributed by atoms with E-state index >= 15 is 0 Å². The monoisotopic (exact) mass is 407 g/mol. The van der Waals surface area contributed by atoms with Gasteiger partial charge < -0.3 is 5.32 Å². The third kappa shape index (κ3) is 4.47. The van der Waals surface area contributed by atoms with Gasteiger partial charge in [0.15, 0.2) is 16.1 Å². The summed E-state index contributed by atoms with van der Waals surface area (Å²) in [5, 5.41) is 14.6. The highest BCUT2D eigenvalue weighted by Crippen LogP contribution is 2.25. The van der Waals surface area contributed by atoms with Gasteiger partial charge >= 0.3 is 0 Å². The summed E-state index contributed by atoms with van der Waals surface area (Å²) in [5.74, 6) is 0.907. The van der Waals surface area contributed by atoms with E-state index in [9.17, 15) is 4.79 Å². The lowest BCUT2D eigenvalue weighted by atomic mass is 10.2. The van der Waals surface area contributed by atoms with Crippen molar-refractivity contribution >= 4 is 34.1 Å². The van der Waals surface area contributed by atoms with Crippen molar-refractivity contribution in [2.45, 2.75) is 11.7 Å². The molecule has 140 valence electrons. The normalized spacial score (nSPS) is 10.7. The Morgan fingerprint density at radius 2 is 1.79 bits per heavy atom. The topological polar surface area (TPSA) is 72.7 Å². The standard InChI is InChI=1S/C20H17N5OS2/c26-17(22-19-21-11-12-27-19)14-28-20-24-23-18(16-9-5-2-6-10-16)25(20)13-15-7-3-1-4-8-15/h1-12H,13-14H2,(H,21,22,26). The summed E-state index contributed by atoms with van der Waals surface area (Å²) in [4.78, 5) is 16.3. The van der Waals surface area contributed by atoms with Crippen LogP contribution in [0.4, 0.5) is 5.13 Å². The third-order valence-corrected chi connectivity index (χ3v) is 5.60. The van der Waals surface area contributed by atoms with Gasteiger partial charge in [0.1, 0.15) is 0 Å². The smallest absolute Gasteiger partial charge is 0.236 e. The highest BCUT2D eigenvalue weighted by molar-refractivity contribution is 7.99. The SMILES string of the molecule is O=C(CSc1nnc(-c2ccccc2)n1Cc1ccccc1)Nc1nccs1. The van der Waals surface area contributed by atoms with Crippen molar-refractivity contribution in [3.05, 3.63) is 77.8 Å². The molecule has 0 bridgehead atoms. The summed E-state index contributed by atoms with van der Waals surface area (Å²) >= 11 is 2.76. The van der Waals surface area contributed by atoms with Gasteiger partial charge in [-0.15, -0.1) is 21.5 Å². The van der Waals surface area contributed by atoms with E-state index in [1.165, 1.54) is 23.1 Å². The van der Waals surface area contributed by atoms with Crippen LogP contribution in [0.15, 0.2) is 77.4 Å². The number of benzene rings is 2. The molecule has 0 atom stereocenters. The first-order valence-corrected chi connectivity index (χ1v) is 10.5. The number of hydrogen-bond acceptors (Lipinski definition) is 6. The van der Waals surface area contributed by atoms with Crippen LogP contribution >= 0.6 is 23.1 Å². The number of rotatable bonds is 7. The summed E-state index contributed by atoms with van der Waals surface area (Å²) in [5.41, 5.74) is 2.14. The number of nitrogens with one attached hydrogen (secondary N) is 1. The van der Waals surface area contributed by atoms with Crippen LogP contribution in [0, 0.1) is 0 Å². The first kappa shape index (κ1) is 18.4. The van der Waals surface area contributed by atoms with Crippen molar-refractivity contribution in [1.29, 1.82) is 0 Å². The summed E-state index contributed by atoms with van der Waals surface area (Å²) in [6.45, 7) is 0.633. The van der Waals surface area contributed by atoms with E-state index in [0.29, 0.717) is 16.8 Å². The zero-order valence-corrected chi connectivity index (χ0v) is 16.5. The Kier molecular flexibility index (Phi) is 5.79. The molecule has 2 aromatic heterocycles. The van der Waals surface area contributed by atoms with Crippen molar-refractivity contribution in [2.75, 3.05) is 11.1 Å². The van der Waals surface area contributed by atoms with Gasteiger partial charge in [0.2, 0.25) is 5.91 Å². The Balaban J connectivity index is 1.56. The molecule has 0 aliphatic rings. The zero-order chi connectivity index (χ0) is 19.2. The quantitative estimate of drug-likeness (QED) is 0.465. The molecule has 1 N–H and O–H groups in total. The van der Waals surface area contributed by atoms with Gasteiger partial charge in [-0.1, -0.05) is 72.4 Å². The zero-order valence-electron chi connectivity index (χ0n) is 14.9. The molecular weight excluding hydrogens is 390 g/mol. The number of thiazole rings is 1. The molecule has 4 rings (SSSR count). The van der Waals surface area contributed by atoms with Gasteiger partial charge in [0, 0.05) is 17.1 Å². The molecule has 1 amide bonds. The molecule has 8 heteroatoms. The first-order chi connectivity index (χ1) is 13.8. The number of carbonyl (C=O) groups is 1. The van der Waals surface area contributed by atoms with Gasteiger partial charge in [-0.2, -0.15) is 0 Å². The van der Waals surface area contributed by atoms with Gasteiger partial charge in [-0.25, -0.2) is 4.98 Å². The van der Waals surface area contributed by atoms with Crippen LogP contribution in [0.2, 0.25) is 0 Å². The number of thioether (sulfide) groups is 1. The molecule has 0 fully saturated rings. The minimum absolute atomic E-state index is 0.115. The number of amides is 1. The number of hydrogen-bond donors (Lipinski definition) is 1. The van der Waals surface area contributed by atoms with E-state index in [1.54, 1.807) is 6.20 Å². The van der Waals surface area contributed by atoms with E-state index in [4.69, 9.17) is 0 Å². The summed E-state index contributed by atoms with van der Waals surface area (Å²) in [6.07, 6.45) is 1.66. The van der Waals surface area contributed by atoms with E-state index < -0.39 is 0 Å². The van der Waals surface area contributed by atoms with Crippen molar-refractivity contribution in [2.24, 2.45) is 0 Å². The van der Waals surface area contributed by atoms with Crippen LogP contribution in [-0.4, -0.2) is 31.4 Å². The predicted molar refractivity (Wildman–Crippen MR) is 112 cm³/mol. The Hall–Kier alpha value is -2.97. The van der Waals surface area contributed by atoms with Crippen LogP contribution in [0.1, 0.15) is 5.56 Å². The lowest BCUT2D eigenvalue weighted by Gasteiger charge is -2.10. The fraction of sp³-hybridized carbons (Fsp3) is 0.100. The summed E-state index contributed by atoms with van der Waals surface area (Å²) < 4.78 is 2.05. The van der Waals surface area contributed by atoms with Crippen LogP contribution in [0.5, 0.6) is 0 Å². The summed E-state index contributed by atoms with van der Waals surface area (Å²) in [6, 6.07) is 20.1. The van der Waals surface area contributed by atoms with E-state index in [-0.39, 0.29) is 11.7 Å². The van der Waals surface area contributed by atoms with E-state index in [1.807, 2.05) is 58.5 Å². The molecule has 28 heavy (non-hydrogen) atoms. The summed E-state index contributed by atoms with van der Waals surface area (Å²) in [7, 11) is 0. The molecule has 0 spiro atoms. The molecule has 4 aromatic rings. The number of nitrogens with zero attached hydrogens (tertiary/aromatic N) is 4. The molecule has 2 aromatic carbocycles. The molecule has 0 aliphatic heterocycles. The largest absolute Gasteiger partial charge is 0.301 e. The van der Waals surface area contributed by atoms with E-state index in [2.05, 4.69) is 32.6 Å². The van der Waals surface area contributed by atoms with Crippen LogP contribution in [0.3, 0.4) is 0 Å². The second-order valence-electron chi connectivity index (χ2n) is 5.92. The minimum Gasteiger partial charge on any atom is -0.301 e. The fourth-order valence-corrected chi connectivity index (χ4v) is 3.96. The van der Waals surface area contributed by atoms with Crippen molar-refractivity contribution in [1.82, 2.24) is 19.7 Å². The van der Waals surface area contributed by atoms with Crippen LogP contribution in [0.25, 0.3) is 11.4 Å². The van der Waals surface area contributed by atoms with Crippen molar-refractivity contribution in [3.63, 3.8) is 0 Å². The Morgan fingerprint density at radius 1 is 1.04 bits per heavy atom.